The standard InChI is InChI=1S/C29H38N2O2S/c1-19(2)17-23-7-11-25(12-8-23)21(5)27(32)30-29-31(15-16-34-29)28(33)22(6)26-13-9-24(10-14-26)18-20(3)4/h7-14,19-22H,15-18H2,1-6H3/b30-29-/t21-,22-/m1/s1. The molecule has 1 aliphatic heterocycles. The third-order valence-corrected chi connectivity index (χ3v) is 7.19. The number of aliphatic imine (C=N–C) groups is 1. The number of hydrogen-bond donors (Lipinski definition) is 0. The van der Waals surface area contributed by atoms with Crippen LogP contribution in [0.2, 0.25) is 0 Å². The second-order valence-corrected chi connectivity index (χ2v) is 11.3. The number of carbonyl (C=O) groups is 2. The van der Waals surface area contributed by atoms with E-state index in [1.807, 2.05) is 26.0 Å². The summed E-state index contributed by atoms with van der Waals surface area (Å²) in [6.07, 6.45) is 2.06. The van der Waals surface area contributed by atoms with Gasteiger partial charge in [0.05, 0.1) is 11.8 Å². The van der Waals surface area contributed by atoms with Crippen molar-refractivity contribution in [3.05, 3.63) is 70.8 Å². The lowest BCUT2D eigenvalue weighted by atomic mass is 9.96. The zero-order valence-electron chi connectivity index (χ0n) is 21.4. The summed E-state index contributed by atoms with van der Waals surface area (Å²) < 4.78 is 0. The molecule has 1 heterocycles. The first kappa shape index (κ1) is 26.2. The number of amidine groups is 1. The molecular formula is C29H38N2O2S. The minimum absolute atomic E-state index is 0.00106. The van der Waals surface area contributed by atoms with E-state index in [4.69, 9.17) is 0 Å². The van der Waals surface area contributed by atoms with Crippen molar-refractivity contribution in [3.8, 4) is 0 Å². The quantitative estimate of drug-likeness (QED) is 0.438. The number of nitrogens with zero attached hydrogens (tertiary/aromatic N) is 2. The van der Waals surface area contributed by atoms with Crippen LogP contribution in [0.5, 0.6) is 0 Å². The van der Waals surface area contributed by atoms with Crippen molar-refractivity contribution in [1.29, 1.82) is 0 Å². The van der Waals surface area contributed by atoms with Gasteiger partial charge in [-0.2, -0.15) is 4.99 Å². The van der Waals surface area contributed by atoms with Crippen LogP contribution in [0.3, 0.4) is 0 Å². The van der Waals surface area contributed by atoms with Gasteiger partial charge in [-0.25, -0.2) is 0 Å². The summed E-state index contributed by atoms with van der Waals surface area (Å²) >= 11 is 1.49. The van der Waals surface area contributed by atoms with Crippen molar-refractivity contribution in [2.24, 2.45) is 16.8 Å². The van der Waals surface area contributed by atoms with Gasteiger partial charge in [-0.05, 0) is 60.8 Å². The average Bonchev–Trinajstić information content (AvgIpc) is 3.26. The molecule has 2 atom stereocenters. The monoisotopic (exact) mass is 478 g/mol. The van der Waals surface area contributed by atoms with Gasteiger partial charge in [0.25, 0.3) is 5.91 Å². The van der Waals surface area contributed by atoms with E-state index in [0.717, 1.165) is 29.7 Å². The summed E-state index contributed by atoms with van der Waals surface area (Å²) in [5, 5.41) is 0.529. The molecular weight excluding hydrogens is 440 g/mol. The molecule has 2 amide bonds. The highest BCUT2D eigenvalue weighted by atomic mass is 32.2. The number of benzene rings is 2. The molecule has 0 aromatic heterocycles. The smallest absolute Gasteiger partial charge is 0.255 e. The molecule has 1 saturated heterocycles. The lowest BCUT2D eigenvalue weighted by Gasteiger charge is -2.21. The van der Waals surface area contributed by atoms with Crippen molar-refractivity contribution < 1.29 is 9.59 Å². The maximum absolute atomic E-state index is 13.3. The summed E-state index contributed by atoms with van der Waals surface area (Å²) in [6, 6.07) is 16.6. The molecule has 0 bridgehead atoms. The number of rotatable bonds is 8. The van der Waals surface area contributed by atoms with Gasteiger partial charge in [0.15, 0.2) is 5.17 Å². The fourth-order valence-corrected chi connectivity index (χ4v) is 5.18. The molecule has 4 nitrogen and oxygen atoms in total. The molecule has 0 radical (unpaired) electrons. The van der Waals surface area contributed by atoms with Gasteiger partial charge < -0.3 is 0 Å². The van der Waals surface area contributed by atoms with E-state index in [-0.39, 0.29) is 23.7 Å². The van der Waals surface area contributed by atoms with Crippen LogP contribution in [-0.2, 0) is 22.4 Å². The van der Waals surface area contributed by atoms with Gasteiger partial charge in [-0.15, -0.1) is 0 Å². The molecule has 0 spiro atoms. The van der Waals surface area contributed by atoms with Crippen LogP contribution < -0.4 is 0 Å². The Kier molecular flexibility index (Phi) is 9.12. The largest absolute Gasteiger partial charge is 0.290 e. The molecule has 2 aromatic rings. The first-order valence-corrected chi connectivity index (χ1v) is 13.4. The van der Waals surface area contributed by atoms with Crippen LogP contribution >= 0.6 is 11.8 Å². The van der Waals surface area contributed by atoms with Crippen LogP contribution in [-0.4, -0.2) is 34.2 Å². The van der Waals surface area contributed by atoms with Gasteiger partial charge in [-0.3, -0.25) is 14.5 Å². The van der Waals surface area contributed by atoms with E-state index in [2.05, 4.69) is 69.1 Å². The fraction of sp³-hybridized carbons (Fsp3) is 0.483. The summed E-state index contributed by atoms with van der Waals surface area (Å²) in [5.74, 6) is 1.13. The van der Waals surface area contributed by atoms with Crippen molar-refractivity contribution in [2.75, 3.05) is 12.3 Å². The van der Waals surface area contributed by atoms with Gasteiger partial charge in [0.2, 0.25) is 5.91 Å². The Labute approximate surface area is 209 Å². The van der Waals surface area contributed by atoms with Crippen LogP contribution in [0.15, 0.2) is 53.5 Å². The average molecular weight is 479 g/mol. The number of amides is 2. The van der Waals surface area contributed by atoms with Crippen LogP contribution in [0.25, 0.3) is 0 Å². The summed E-state index contributed by atoms with van der Waals surface area (Å²) in [6.45, 7) is 13.2. The zero-order valence-corrected chi connectivity index (χ0v) is 22.2. The van der Waals surface area contributed by atoms with E-state index in [1.54, 1.807) is 4.90 Å². The highest BCUT2D eigenvalue weighted by Gasteiger charge is 2.31. The Morgan fingerprint density at radius 1 is 0.794 bits per heavy atom. The number of thioether (sulfide) groups is 1. The second kappa shape index (κ2) is 11.8. The highest BCUT2D eigenvalue weighted by molar-refractivity contribution is 8.14. The van der Waals surface area contributed by atoms with E-state index < -0.39 is 0 Å². The van der Waals surface area contributed by atoms with Gasteiger partial charge in [-0.1, -0.05) is 88.0 Å². The molecule has 1 fully saturated rings. The number of carbonyl (C=O) groups excluding carboxylic acids is 2. The Morgan fingerprint density at radius 2 is 1.26 bits per heavy atom. The zero-order chi connectivity index (χ0) is 24.8. The summed E-state index contributed by atoms with van der Waals surface area (Å²) in [4.78, 5) is 32.3. The normalized spacial score (nSPS) is 16.9. The molecule has 1 aliphatic rings. The molecule has 0 unspecified atom stereocenters. The Morgan fingerprint density at radius 3 is 1.74 bits per heavy atom. The van der Waals surface area contributed by atoms with E-state index >= 15 is 0 Å². The molecule has 3 rings (SSSR count). The van der Waals surface area contributed by atoms with E-state index in [0.29, 0.717) is 23.5 Å². The van der Waals surface area contributed by atoms with Gasteiger partial charge >= 0.3 is 0 Å². The van der Waals surface area contributed by atoms with E-state index in [1.165, 1.54) is 22.9 Å². The molecule has 2 aromatic carbocycles. The topological polar surface area (TPSA) is 49.7 Å². The second-order valence-electron chi connectivity index (χ2n) is 10.2. The third-order valence-electron chi connectivity index (χ3n) is 6.24. The Bertz CT molecular complexity index is 1010. The molecule has 5 heteroatoms. The number of hydrogen-bond acceptors (Lipinski definition) is 3. The van der Waals surface area contributed by atoms with Crippen LogP contribution in [0, 0.1) is 11.8 Å². The molecule has 0 aliphatic carbocycles. The molecule has 0 N–H and O–H groups in total. The van der Waals surface area contributed by atoms with E-state index in [9.17, 15) is 9.59 Å². The van der Waals surface area contributed by atoms with Crippen LogP contribution in [0.4, 0.5) is 0 Å². The minimum Gasteiger partial charge on any atom is -0.290 e. The molecule has 0 saturated carbocycles. The van der Waals surface area contributed by atoms with Crippen molar-refractivity contribution in [2.45, 2.75) is 66.2 Å². The Balaban J connectivity index is 1.68. The lowest BCUT2D eigenvalue weighted by molar-refractivity contribution is -0.128. The molecule has 34 heavy (non-hydrogen) atoms. The first-order valence-electron chi connectivity index (χ1n) is 12.4. The predicted molar refractivity (Wildman–Crippen MR) is 143 cm³/mol. The summed E-state index contributed by atoms with van der Waals surface area (Å²) in [5.41, 5.74) is 4.51. The summed E-state index contributed by atoms with van der Waals surface area (Å²) in [7, 11) is 0. The Hall–Kier alpha value is -2.40. The highest BCUT2D eigenvalue weighted by Crippen LogP contribution is 2.27. The lowest BCUT2D eigenvalue weighted by Crippen LogP contribution is -2.35. The van der Waals surface area contributed by atoms with Gasteiger partial charge in [0.1, 0.15) is 0 Å². The SMILES string of the molecule is CC(C)Cc1ccc([C@@H](C)C(=O)/N=C2\SCCN2C(=O)[C@H](C)c2ccc(CC(C)C)cc2)cc1. The maximum Gasteiger partial charge on any atom is 0.255 e. The van der Waals surface area contributed by atoms with Crippen molar-refractivity contribution in [3.63, 3.8) is 0 Å². The van der Waals surface area contributed by atoms with Gasteiger partial charge in [0, 0.05) is 12.3 Å². The molecule has 182 valence electrons. The third kappa shape index (κ3) is 6.82. The predicted octanol–water partition coefficient (Wildman–Crippen LogP) is 6.45. The van der Waals surface area contributed by atoms with Crippen molar-refractivity contribution in [1.82, 2.24) is 4.90 Å². The first-order chi connectivity index (χ1) is 16.2. The fourth-order valence-electron chi connectivity index (χ4n) is 4.24. The van der Waals surface area contributed by atoms with Crippen molar-refractivity contribution >= 4 is 28.7 Å². The maximum atomic E-state index is 13.3. The minimum atomic E-state index is -0.343. The van der Waals surface area contributed by atoms with Crippen LogP contribution in [0.1, 0.15) is 75.6 Å².